The van der Waals surface area contributed by atoms with Crippen molar-refractivity contribution in [2.24, 2.45) is 11.5 Å². The van der Waals surface area contributed by atoms with Gasteiger partial charge >= 0.3 is 65.6 Å². The second kappa shape index (κ2) is 51.9. The molecule has 0 aliphatic carbocycles. The molecular formula is C109H105Br4N4NaO22. The summed E-state index contributed by atoms with van der Waals surface area (Å²) in [5, 5.41) is 37.5. The van der Waals surface area contributed by atoms with E-state index in [4.69, 9.17) is 62.3 Å². The van der Waals surface area contributed by atoms with Crippen LogP contribution in [0.4, 0.5) is 9.59 Å². The third-order valence-electron chi connectivity index (χ3n) is 21.0. The normalized spacial score (nSPS) is 10.9. The number of carbonyl (C=O) groups excluding carboxylic acids is 5. The van der Waals surface area contributed by atoms with Crippen LogP contribution >= 0.6 is 63.7 Å². The molecule has 0 saturated carbocycles. The molecular weight excluding hydrogens is 2060 g/mol. The monoisotopic (exact) mass is 2160 g/mol. The minimum absolute atomic E-state index is 0. The first-order chi connectivity index (χ1) is 66.2. The van der Waals surface area contributed by atoms with Crippen molar-refractivity contribution >= 4 is 144 Å². The fourth-order valence-corrected chi connectivity index (χ4v) is 16.3. The average molecular weight is 2170 g/mol. The first-order valence-corrected chi connectivity index (χ1v) is 46.8. The van der Waals surface area contributed by atoms with Crippen LogP contribution in [-0.4, -0.2) is 89.4 Å². The first-order valence-electron chi connectivity index (χ1n) is 43.7. The summed E-state index contributed by atoms with van der Waals surface area (Å²) in [5.41, 5.74) is 31.8. The SMILES string of the molecule is CC(C)(C)OC(=O)NCc1cccc(-c2cc(CO)cc3ccoc23)c1.COC(=O)Cc1cc(Br)ccc1O.COC(=O)Cc1cc(Br)ccc1OCc1cc(-c2cccc(CN)c2)c2occc2c1.COC(=O)Cc1cc(Br)ccc1OCc1cc(-c2cccc(CNC(=O)OC(C)(C)C)c2)c2occc2c1.NCc1cccc(-c2cc(COc3ccc(Br)cc3CC(=O)O)cc3ccoc23)c1.[Na+].[OH-]. The van der Waals surface area contributed by atoms with E-state index >= 15 is 0 Å². The van der Waals surface area contributed by atoms with Crippen molar-refractivity contribution in [2.75, 3.05) is 21.3 Å². The average Bonchev–Trinajstić information content (AvgIpc) is 1.62. The number of aliphatic hydroxyl groups is 1. The van der Waals surface area contributed by atoms with Gasteiger partial charge in [-0.05, 0) is 278 Å². The molecule has 0 aliphatic rings. The van der Waals surface area contributed by atoms with Gasteiger partial charge in [-0.15, -0.1) is 0 Å². The van der Waals surface area contributed by atoms with E-state index in [1.807, 2.05) is 236 Å². The summed E-state index contributed by atoms with van der Waals surface area (Å²) in [4.78, 5) is 69.7. The predicted molar refractivity (Wildman–Crippen MR) is 546 cm³/mol. The minimum Gasteiger partial charge on any atom is -0.870 e. The van der Waals surface area contributed by atoms with Crippen LogP contribution in [0.1, 0.15) is 108 Å². The van der Waals surface area contributed by atoms with E-state index < -0.39 is 29.4 Å². The molecule has 0 fully saturated rings. The Morgan fingerprint density at radius 1 is 0.357 bits per heavy atom. The summed E-state index contributed by atoms with van der Waals surface area (Å²) in [6.45, 7) is 13.5. The van der Waals surface area contributed by atoms with Crippen molar-refractivity contribution in [1.29, 1.82) is 0 Å². The van der Waals surface area contributed by atoms with Gasteiger partial charge in [-0.3, -0.25) is 19.2 Å². The Hall–Kier alpha value is -12.8. The van der Waals surface area contributed by atoms with E-state index in [2.05, 4.69) is 97.3 Å². The number of aromatic hydroxyl groups is 1. The fraction of sp³-hybridized carbons (Fsp3) is 0.211. The number of ether oxygens (including phenoxy) is 8. The molecule has 0 saturated heterocycles. The number of hydrogen-bond donors (Lipinski definition) is 7. The van der Waals surface area contributed by atoms with Crippen molar-refractivity contribution in [3.8, 4) is 67.5 Å². The van der Waals surface area contributed by atoms with Gasteiger partial charge in [0.1, 0.15) is 76.4 Å². The van der Waals surface area contributed by atoms with Gasteiger partial charge in [-0.25, -0.2) is 9.59 Å². The zero-order chi connectivity index (χ0) is 98.7. The third-order valence-corrected chi connectivity index (χ3v) is 23.0. The Morgan fingerprint density at radius 3 is 0.950 bits per heavy atom. The number of carboxylic acids is 1. The number of phenolic OH excluding ortho intramolecular Hbond substituents is 1. The smallest absolute Gasteiger partial charge is 0.870 e. The van der Waals surface area contributed by atoms with Gasteiger partial charge in [-0.2, -0.15) is 0 Å². The van der Waals surface area contributed by atoms with Crippen LogP contribution in [0.5, 0.6) is 23.0 Å². The summed E-state index contributed by atoms with van der Waals surface area (Å²) >= 11 is 13.5. The summed E-state index contributed by atoms with van der Waals surface area (Å²) in [6, 6.07) is 77.2. The molecule has 4 heterocycles. The van der Waals surface area contributed by atoms with Crippen molar-refractivity contribution in [3.05, 3.63) is 352 Å². The van der Waals surface area contributed by atoms with Gasteiger partial charge < -0.3 is 98.5 Å². The Balaban J connectivity index is 0.000000184. The molecule has 140 heavy (non-hydrogen) atoms. The van der Waals surface area contributed by atoms with Crippen molar-refractivity contribution in [1.82, 2.24) is 10.6 Å². The summed E-state index contributed by atoms with van der Waals surface area (Å²) in [7, 11) is 4.06. The molecule has 0 bridgehead atoms. The molecule has 0 aliphatic heterocycles. The van der Waals surface area contributed by atoms with Gasteiger partial charge in [0.2, 0.25) is 0 Å². The number of alkyl carbamates (subject to hydrolysis) is 2. The minimum atomic E-state index is -0.903. The number of halogens is 4. The second-order valence-corrected chi connectivity index (χ2v) is 37.4. The van der Waals surface area contributed by atoms with Crippen molar-refractivity contribution in [3.63, 3.8) is 0 Å². The summed E-state index contributed by atoms with van der Waals surface area (Å²) < 4.78 is 69.3. The Labute approximate surface area is 865 Å². The van der Waals surface area contributed by atoms with Crippen LogP contribution in [0.15, 0.2) is 303 Å². The van der Waals surface area contributed by atoms with Crippen molar-refractivity contribution in [2.45, 2.75) is 131 Å². The predicted octanol–water partition coefficient (Wildman–Crippen LogP) is 21.6. The Morgan fingerprint density at radius 2 is 0.643 bits per heavy atom. The summed E-state index contributed by atoms with van der Waals surface area (Å²) in [5.74, 6) is -0.00225. The molecule has 2 amide bonds. The van der Waals surface area contributed by atoms with E-state index in [-0.39, 0.29) is 91.0 Å². The Kier molecular flexibility index (Phi) is 40.5. The molecule has 0 unspecified atom stereocenters. The number of hydrogen-bond acceptors (Lipinski definition) is 23. The number of aliphatic hydroxyl groups excluding tert-OH is 1. The number of rotatable bonds is 28. The molecule has 16 aromatic rings. The molecule has 4 aromatic heterocycles. The van der Waals surface area contributed by atoms with Crippen LogP contribution in [0.3, 0.4) is 0 Å². The number of benzene rings is 12. The second-order valence-electron chi connectivity index (χ2n) is 33.7. The van der Waals surface area contributed by atoms with Crippen molar-refractivity contribution < 1.29 is 135 Å². The zero-order valence-corrected chi connectivity index (χ0v) is 87.0. The van der Waals surface area contributed by atoms with Crippen LogP contribution in [0.2, 0.25) is 0 Å². The number of fused-ring (bicyclic) bond motifs is 4. The number of nitrogens with one attached hydrogen (secondary N) is 2. The number of phenols is 1. The molecule has 26 nitrogen and oxygen atoms in total. The topological polar surface area (TPSA) is 396 Å². The number of carboxylic acid groups (broad SMARTS) is 1. The van der Waals surface area contributed by atoms with E-state index in [0.717, 1.165) is 162 Å². The largest absolute Gasteiger partial charge is 1.00 e. The summed E-state index contributed by atoms with van der Waals surface area (Å²) in [6.07, 6.45) is 5.99. The molecule has 16 rings (SSSR count). The maximum atomic E-state index is 12.1. The number of aliphatic carboxylic acids is 1. The standard InChI is InChI=1S/C30H30BrNO6.C25H22BrNO4.C24H20BrNO4.C21H23NO4.C9H9BrO3.Na.H2O/c1-30(2,3)38-29(34)32-17-19-6-5-7-21(12-19)25-14-20(13-22-10-11-36-28(22)25)18-37-26-9-8-24(31)15-23(26)16-27(33)35-4;1-29-24(28)13-20-12-21(26)5-6-23(20)31-15-17-10-19-7-8-30-25(19)22(11-17)18-4-2-3-16(9-18)14-27;25-20-4-5-22(19(11-20)12-23(27)28)30-14-16-9-18-6-7-29-24(18)21(10-16)17-3-1-2-15(8-17)13-26;1-21(2,3)26-20(24)22-12-14-5-4-6-16(9-14)18-11-15(13-23)10-17-7-8-25-19(17)18;1-13-9(12)5-6-4-7(10)2-3-8(6)11;;/h5-15H,16-18H2,1-4H3,(H,32,34);2-12H,13-15,27H2,1H3;1-11H,12-14,26H2,(H,27,28);4-11,23H,12-13H2,1-3H3,(H,22,24);2-4,11H,5H2,1H3;;1H2/q;;;;;+1;/p-1. The van der Waals surface area contributed by atoms with Gasteiger partial charge in [0.05, 0.1) is 78.7 Å². The molecule has 12 aromatic carbocycles. The molecule has 0 atom stereocenters. The number of furan rings is 4. The molecule has 0 radical (unpaired) electrons. The Bertz CT molecular complexity index is 7000. The van der Waals surface area contributed by atoms with Crippen LogP contribution in [0, 0.1) is 0 Å². The van der Waals surface area contributed by atoms with E-state index in [9.17, 15) is 44.1 Å². The van der Waals surface area contributed by atoms with Gasteiger partial charge in [0, 0.05) is 110 Å². The number of methoxy groups -OCH3 is 3. The molecule has 10 N–H and O–H groups in total. The molecule has 722 valence electrons. The fourth-order valence-electron chi connectivity index (χ4n) is 14.7. The number of amides is 2. The molecule has 31 heteroatoms. The van der Waals surface area contributed by atoms with Gasteiger partial charge in [0.15, 0.2) is 0 Å². The van der Waals surface area contributed by atoms with E-state index in [1.165, 1.54) is 27.4 Å². The number of carbonyl (C=O) groups is 6. The van der Waals surface area contributed by atoms with E-state index in [0.29, 0.717) is 74.4 Å². The van der Waals surface area contributed by atoms with Gasteiger partial charge in [-0.1, -0.05) is 137 Å². The van der Waals surface area contributed by atoms with Crippen LogP contribution < -0.4 is 65.9 Å². The maximum Gasteiger partial charge on any atom is 1.00 e. The zero-order valence-electron chi connectivity index (χ0n) is 78.7. The first kappa shape index (κ1) is 109. The van der Waals surface area contributed by atoms with Crippen LogP contribution in [-0.2, 0) is 121 Å². The molecule has 0 spiro atoms. The third kappa shape index (κ3) is 31.9. The number of esters is 3. The van der Waals surface area contributed by atoms with E-state index in [1.54, 1.807) is 49.3 Å². The number of nitrogens with two attached hydrogens (primary N) is 2. The van der Waals surface area contributed by atoms with Gasteiger partial charge in [0.25, 0.3) is 0 Å². The maximum absolute atomic E-state index is 12.1. The van der Waals surface area contributed by atoms with Crippen LogP contribution in [0.25, 0.3) is 88.4 Å². The quantitative estimate of drug-likeness (QED) is 0.0136.